The fraction of sp³-hybridized carbons (Fsp3) is 0.222. The summed E-state index contributed by atoms with van der Waals surface area (Å²) in [5.74, 6) is -1.34. The SMILES string of the molecule is CC(C)(C)C1=CC(=NOC(=O)c2ccc(C(N)=O)cc2)C=CC1=O. The molecule has 124 valence electrons. The average Bonchev–Trinajstić information content (AvgIpc) is 2.52. The van der Waals surface area contributed by atoms with Crippen molar-refractivity contribution in [3.8, 4) is 0 Å². The maximum absolute atomic E-state index is 12.0. The van der Waals surface area contributed by atoms with Gasteiger partial charge >= 0.3 is 5.97 Å². The van der Waals surface area contributed by atoms with Gasteiger partial charge in [-0.2, -0.15) is 0 Å². The predicted octanol–water partition coefficient (Wildman–Crippen LogP) is 2.41. The molecule has 1 aromatic carbocycles. The van der Waals surface area contributed by atoms with Gasteiger partial charge in [-0.15, -0.1) is 0 Å². The van der Waals surface area contributed by atoms with E-state index in [0.29, 0.717) is 16.8 Å². The maximum atomic E-state index is 12.0. The van der Waals surface area contributed by atoms with Crippen LogP contribution in [0.25, 0.3) is 0 Å². The minimum absolute atomic E-state index is 0.0881. The van der Waals surface area contributed by atoms with Gasteiger partial charge < -0.3 is 10.6 Å². The number of rotatable bonds is 3. The van der Waals surface area contributed by atoms with E-state index in [1.165, 1.54) is 36.4 Å². The van der Waals surface area contributed by atoms with Crippen LogP contribution >= 0.6 is 0 Å². The number of allylic oxidation sites excluding steroid dienone is 4. The third-order valence-corrected chi connectivity index (χ3v) is 3.41. The molecule has 0 heterocycles. The smallest absolute Gasteiger partial charge is 0.365 e. The van der Waals surface area contributed by atoms with Crippen LogP contribution in [0, 0.1) is 5.41 Å². The van der Waals surface area contributed by atoms with Crippen LogP contribution in [0.15, 0.2) is 53.2 Å². The number of amides is 1. The molecule has 0 spiro atoms. The Bertz CT molecular complexity index is 778. The van der Waals surface area contributed by atoms with Crippen LogP contribution in [0.3, 0.4) is 0 Å². The summed E-state index contributed by atoms with van der Waals surface area (Å²) < 4.78 is 0. The maximum Gasteiger partial charge on any atom is 0.365 e. The fourth-order valence-electron chi connectivity index (χ4n) is 2.08. The van der Waals surface area contributed by atoms with E-state index < -0.39 is 11.9 Å². The monoisotopic (exact) mass is 326 g/mol. The molecule has 0 saturated heterocycles. The van der Waals surface area contributed by atoms with Crippen LogP contribution < -0.4 is 5.73 Å². The molecule has 0 saturated carbocycles. The van der Waals surface area contributed by atoms with Crippen LogP contribution in [-0.4, -0.2) is 23.4 Å². The minimum Gasteiger partial charge on any atom is -0.366 e. The number of oxime groups is 1. The zero-order valence-corrected chi connectivity index (χ0v) is 13.7. The largest absolute Gasteiger partial charge is 0.366 e. The summed E-state index contributed by atoms with van der Waals surface area (Å²) in [6, 6.07) is 5.73. The molecule has 0 atom stereocenters. The second-order valence-corrected chi connectivity index (χ2v) is 6.34. The van der Waals surface area contributed by atoms with E-state index >= 15 is 0 Å². The molecular weight excluding hydrogens is 308 g/mol. The number of ketones is 1. The molecule has 1 aliphatic rings. The Morgan fingerprint density at radius 3 is 2.17 bits per heavy atom. The van der Waals surface area contributed by atoms with Gasteiger partial charge in [0.15, 0.2) is 5.78 Å². The molecule has 0 radical (unpaired) electrons. The first kappa shape index (κ1) is 17.3. The van der Waals surface area contributed by atoms with Gasteiger partial charge in [0.2, 0.25) is 5.91 Å². The number of hydrogen-bond donors (Lipinski definition) is 1. The van der Waals surface area contributed by atoms with Gasteiger partial charge in [0.25, 0.3) is 0 Å². The number of carbonyl (C=O) groups excluding carboxylic acids is 3. The standard InChI is InChI=1S/C18H18N2O4/c1-18(2,3)14-10-13(8-9-15(14)21)20-24-17(23)12-6-4-11(5-7-12)16(19)22/h4-10H,1-3H3,(H2,19,22). The van der Waals surface area contributed by atoms with Crippen LogP contribution in [0.5, 0.6) is 0 Å². The van der Waals surface area contributed by atoms with E-state index in [1.807, 2.05) is 20.8 Å². The zero-order valence-electron chi connectivity index (χ0n) is 13.7. The summed E-state index contributed by atoms with van der Waals surface area (Å²) in [5, 5.41) is 3.78. The lowest BCUT2D eigenvalue weighted by molar-refractivity contribution is -0.112. The number of carbonyl (C=O) groups is 3. The Morgan fingerprint density at radius 2 is 1.62 bits per heavy atom. The molecule has 2 rings (SSSR count). The van der Waals surface area contributed by atoms with Crippen molar-refractivity contribution >= 4 is 23.4 Å². The Balaban J connectivity index is 2.14. The summed E-state index contributed by atoms with van der Waals surface area (Å²) in [5.41, 5.74) is 6.30. The van der Waals surface area contributed by atoms with Gasteiger partial charge in [-0.05, 0) is 47.9 Å². The molecule has 0 unspecified atom stereocenters. The molecule has 6 nitrogen and oxygen atoms in total. The van der Waals surface area contributed by atoms with Crippen molar-refractivity contribution in [3.63, 3.8) is 0 Å². The molecule has 0 aliphatic heterocycles. The van der Waals surface area contributed by atoms with Gasteiger partial charge in [0, 0.05) is 11.1 Å². The van der Waals surface area contributed by atoms with Gasteiger partial charge in [0.05, 0.1) is 5.56 Å². The Kier molecular flexibility index (Phi) is 4.78. The zero-order chi connectivity index (χ0) is 17.9. The molecular formula is C18H18N2O4. The van der Waals surface area contributed by atoms with Crippen molar-refractivity contribution in [3.05, 3.63) is 59.2 Å². The van der Waals surface area contributed by atoms with Crippen molar-refractivity contribution in [1.82, 2.24) is 0 Å². The molecule has 2 N–H and O–H groups in total. The summed E-state index contributed by atoms with van der Waals surface area (Å²) in [6.45, 7) is 5.75. The fourth-order valence-corrected chi connectivity index (χ4v) is 2.08. The lowest BCUT2D eigenvalue weighted by Gasteiger charge is -2.22. The lowest BCUT2D eigenvalue weighted by Crippen LogP contribution is -2.20. The van der Waals surface area contributed by atoms with E-state index in [0.717, 1.165) is 0 Å². The van der Waals surface area contributed by atoms with Crippen molar-refractivity contribution in [2.75, 3.05) is 0 Å². The quantitative estimate of drug-likeness (QED) is 0.524. The molecule has 1 aliphatic carbocycles. The molecule has 1 amide bonds. The van der Waals surface area contributed by atoms with Crippen LogP contribution in [0.4, 0.5) is 0 Å². The van der Waals surface area contributed by atoms with Crippen molar-refractivity contribution in [2.45, 2.75) is 20.8 Å². The highest BCUT2D eigenvalue weighted by Gasteiger charge is 2.24. The number of benzene rings is 1. The van der Waals surface area contributed by atoms with Gasteiger partial charge in [0.1, 0.15) is 5.71 Å². The van der Waals surface area contributed by atoms with Crippen molar-refractivity contribution in [1.29, 1.82) is 0 Å². The lowest BCUT2D eigenvalue weighted by atomic mass is 9.81. The summed E-state index contributed by atoms with van der Waals surface area (Å²) in [6.07, 6.45) is 4.49. The summed E-state index contributed by atoms with van der Waals surface area (Å²) in [7, 11) is 0. The van der Waals surface area contributed by atoms with E-state index in [-0.39, 0.29) is 16.8 Å². The Morgan fingerprint density at radius 1 is 1.04 bits per heavy atom. The Hall–Kier alpha value is -3.02. The molecule has 24 heavy (non-hydrogen) atoms. The summed E-state index contributed by atoms with van der Waals surface area (Å²) in [4.78, 5) is 39.7. The first-order valence-electron chi connectivity index (χ1n) is 7.32. The van der Waals surface area contributed by atoms with E-state index in [9.17, 15) is 14.4 Å². The van der Waals surface area contributed by atoms with Crippen LogP contribution in [-0.2, 0) is 9.63 Å². The molecule has 0 aromatic heterocycles. The van der Waals surface area contributed by atoms with E-state index in [2.05, 4.69) is 5.16 Å². The molecule has 0 bridgehead atoms. The van der Waals surface area contributed by atoms with Crippen LogP contribution in [0.2, 0.25) is 0 Å². The van der Waals surface area contributed by atoms with Gasteiger partial charge in [-0.25, -0.2) is 4.79 Å². The van der Waals surface area contributed by atoms with Crippen molar-refractivity contribution in [2.24, 2.45) is 16.3 Å². The first-order valence-corrected chi connectivity index (χ1v) is 7.32. The van der Waals surface area contributed by atoms with E-state index in [4.69, 9.17) is 10.6 Å². The van der Waals surface area contributed by atoms with Crippen molar-refractivity contribution < 1.29 is 19.2 Å². The highest BCUT2D eigenvalue weighted by molar-refractivity contribution is 6.19. The predicted molar refractivity (Wildman–Crippen MR) is 89.5 cm³/mol. The third-order valence-electron chi connectivity index (χ3n) is 3.41. The average molecular weight is 326 g/mol. The van der Waals surface area contributed by atoms with Crippen LogP contribution in [0.1, 0.15) is 41.5 Å². The van der Waals surface area contributed by atoms with E-state index in [1.54, 1.807) is 6.08 Å². The molecule has 6 heteroatoms. The van der Waals surface area contributed by atoms with Gasteiger partial charge in [-0.1, -0.05) is 25.9 Å². The normalized spacial score (nSPS) is 16.0. The first-order chi connectivity index (χ1) is 11.2. The highest BCUT2D eigenvalue weighted by atomic mass is 16.7. The van der Waals surface area contributed by atoms with Gasteiger partial charge in [-0.3, -0.25) is 9.59 Å². The number of primary amides is 1. The summed E-state index contributed by atoms with van der Waals surface area (Å²) >= 11 is 0. The third kappa shape index (κ3) is 4.04. The number of hydrogen-bond acceptors (Lipinski definition) is 5. The minimum atomic E-state index is -0.672. The topological polar surface area (TPSA) is 98.8 Å². The Labute approximate surface area is 139 Å². The number of nitrogens with two attached hydrogens (primary N) is 1. The molecule has 0 fully saturated rings. The molecule has 1 aromatic rings. The number of nitrogens with zero attached hydrogens (tertiary/aromatic N) is 1. The second kappa shape index (κ2) is 6.62. The highest BCUT2D eigenvalue weighted by Crippen LogP contribution is 2.28. The second-order valence-electron chi connectivity index (χ2n) is 6.34.